The van der Waals surface area contributed by atoms with Crippen molar-refractivity contribution in [1.29, 1.82) is 0 Å². The molecule has 1 amide bonds. The summed E-state index contributed by atoms with van der Waals surface area (Å²) >= 11 is 5.80. The predicted octanol–water partition coefficient (Wildman–Crippen LogP) is 2.39. The minimum absolute atomic E-state index is 0.0364. The van der Waals surface area contributed by atoms with E-state index in [4.69, 9.17) is 16.7 Å². The van der Waals surface area contributed by atoms with Gasteiger partial charge in [0.05, 0.1) is 23.2 Å². The van der Waals surface area contributed by atoms with Gasteiger partial charge in [0.2, 0.25) is 5.91 Å². The molecule has 0 radical (unpaired) electrons. The highest BCUT2D eigenvalue weighted by atomic mass is 35.5. The van der Waals surface area contributed by atoms with Gasteiger partial charge in [-0.1, -0.05) is 30.9 Å². The molecule has 7 heteroatoms. The highest BCUT2D eigenvalue weighted by Gasteiger charge is 2.37. The first-order chi connectivity index (χ1) is 9.92. The van der Waals surface area contributed by atoms with Crippen molar-refractivity contribution in [2.45, 2.75) is 57.0 Å². The molecule has 1 atom stereocenters. The van der Waals surface area contributed by atoms with Gasteiger partial charge in [0, 0.05) is 6.20 Å². The maximum absolute atomic E-state index is 12.4. The van der Waals surface area contributed by atoms with Crippen molar-refractivity contribution < 1.29 is 14.7 Å². The summed E-state index contributed by atoms with van der Waals surface area (Å²) in [5.74, 6) is -1.11. The summed E-state index contributed by atoms with van der Waals surface area (Å²) in [5.41, 5.74) is -0.633. The summed E-state index contributed by atoms with van der Waals surface area (Å²) in [6.45, 7) is 1.72. The summed E-state index contributed by atoms with van der Waals surface area (Å²) < 4.78 is 1.48. The van der Waals surface area contributed by atoms with Crippen molar-refractivity contribution in [3.8, 4) is 0 Å². The Hall–Kier alpha value is -1.56. The van der Waals surface area contributed by atoms with E-state index in [9.17, 15) is 9.59 Å². The van der Waals surface area contributed by atoms with Gasteiger partial charge in [-0.2, -0.15) is 5.10 Å². The molecule has 1 fully saturated rings. The van der Waals surface area contributed by atoms with Crippen LogP contribution >= 0.6 is 11.6 Å². The fraction of sp³-hybridized carbons (Fsp3) is 0.643. The number of halogens is 1. The Balaban J connectivity index is 2.08. The molecule has 1 aliphatic rings. The second-order valence-corrected chi connectivity index (χ2v) is 6.15. The van der Waals surface area contributed by atoms with Crippen molar-refractivity contribution in [2.75, 3.05) is 0 Å². The van der Waals surface area contributed by atoms with Gasteiger partial charge in [-0.15, -0.1) is 0 Å². The van der Waals surface area contributed by atoms with Crippen LogP contribution in [0.1, 0.15) is 51.5 Å². The number of carbonyl (C=O) groups excluding carboxylic acids is 1. The smallest absolute Gasteiger partial charge is 0.305 e. The van der Waals surface area contributed by atoms with E-state index in [1.54, 1.807) is 13.1 Å². The van der Waals surface area contributed by atoms with Crippen molar-refractivity contribution in [2.24, 2.45) is 0 Å². The fourth-order valence-electron chi connectivity index (χ4n) is 2.88. The number of nitrogens with zero attached hydrogens (tertiary/aromatic N) is 2. The molecule has 0 bridgehead atoms. The first-order valence-electron chi connectivity index (χ1n) is 7.15. The molecule has 1 aromatic rings. The molecule has 1 saturated carbocycles. The van der Waals surface area contributed by atoms with Gasteiger partial charge in [-0.3, -0.25) is 14.3 Å². The topological polar surface area (TPSA) is 84.2 Å². The van der Waals surface area contributed by atoms with E-state index < -0.39 is 17.6 Å². The lowest BCUT2D eigenvalue weighted by Crippen LogP contribution is -2.52. The third-order valence-electron chi connectivity index (χ3n) is 4.03. The standard InChI is InChI=1S/C14H20ClN3O3/c1-10(18-9-11(15)8-16-18)13(21)17-14(7-12(19)20)5-3-2-4-6-14/h8-10H,2-7H2,1H3,(H,17,21)(H,19,20). The molecule has 0 saturated heterocycles. The van der Waals surface area contributed by atoms with Crippen molar-refractivity contribution >= 4 is 23.5 Å². The summed E-state index contributed by atoms with van der Waals surface area (Å²) in [4.78, 5) is 23.5. The molecule has 1 aliphatic carbocycles. The van der Waals surface area contributed by atoms with E-state index in [0.29, 0.717) is 17.9 Å². The number of carboxylic acid groups (broad SMARTS) is 1. The van der Waals surface area contributed by atoms with Crippen LogP contribution in [0.3, 0.4) is 0 Å². The minimum atomic E-state index is -0.882. The average molecular weight is 314 g/mol. The number of carbonyl (C=O) groups is 2. The average Bonchev–Trinajstić information content (AvgIpc) is 2.84. The summed E-state index contributed by atoms with van der Waals surface area (Å²) in [7, 11) is 0. The zero-order valence-electron chi connectivity index (χ0n) is 12.0. The van der Waals surface area contributed by atoms with Crippen LogP contribution in [0.4, 0.5) is 0 Å². The predicted molar refractivity (Wildman–Crippen MR) is 78.2 cm³/mol. The van der Waals surface area contributed by atoms with E-state index in [-0.39, 0.29) is 12.3 Å². The first-order valence-corrected chi connectivity index (χ1v) is 7.53. The fourth-order valence-corrected chi connectivity index (χ4v) is 3.02. The highest BCUT2D eigenvalue weighted by molar-refractivity contribution is 6.30. The molecule has 0 aromatic carbocycles. The maximum atomic E-state index is 12.4. The lowest BCUT2D eigenvalue weighted by molar-refractivity contribution is -0.139. The van der Waals surface area contributed by atoms with Crippen LogP contribution in [0.25, 0.3) is 0 Å². The second-order valence-electron chi connectivity index (χ2n) is 5.72. The Morgan fingerprint density at radius 2 is 2.14 bits per heavy atom. The van der Waals surface area contributed by atoms with E-state index in [1.807, 2.05) is 0 Å². The van der Waals surface area contributed by atoms with Crippen LogP contribution in [0.15, 0.2) is 12.4 Å². The lowest BCUT2D eigenvalue weighted by atomic mass is 9.79. The Labute approximate surface area is 128 Å². The first kappa shape index (κ1) is 15.8. The third kappa shape index (κ3) is 3.97. The minimum Gasteiger partial charge on any atom is -0.481 e. The molecule has 1 unspecified atom stereocenters. The molecule has 6 nitrogen and oxygen atoms in total. The SMILES string of the molecule is CC(C(=O)NC1(CC(=O)O)CCCCC1)n1cc(Cl)cn1. The van der Waals surface area contributed by atoms with Gasteiger partial charge in [-0.05, 0) is 19.8 Å². The Bertz CT molecular complexity index is 523. The van der Waals surface area contributed by atoms with Crippen molar-refractivity contribution in [3.63, 3.8) is 0 Å². The summed E-state index contributed by atoms with van der Waals surface area (Å²) in [5, 5.41) is 16.6. The molecule has 21 heavy (non-hydrogen) atoms. The van der Waals surface area contributed by atoms with Gasteiger partial charge >= 0.3 is 5.97 Å². The molecule has 2 N–H and O–H groups in total. The normalized spacial score (nSPS) is 19.0. The lowest BCUT2D eigenvalue weighted by Gasteiger charge is -2.37. The number of aromatic nitrogens is 2. The Kier molecular flexibility index (Phi) is 4.88. The Morgan fingerprint density at radius 3 is 2.67 bits per heavy atom. The van der Waals surface area contributed by atoms with Crippen LogP contribution in [-0.2, 0) is 9.59 Å². The van der Waals surface area contributed by atoms with Crippen molar-refractivity contribution in [3.05, 3.63) is 17.4 Å². The van der Waals surface area contributed by atoms with E-state index >= 15 is 0 Å². The summed E-state index contributed by atoms with van der Waals surface area (Å²) in [6.07, 6.45) is 7.39. The summed E-state index contributed by atoms with van der Waals surface area (Å²) in [6, 6.07) is -0.523. The maximum Gasteiger partial charge on any atom is 0.305 e. The van der Waals surface area contributed by atoms with E-state index in [0.717, 1.165) is 19.3 Å². The number of amides is 1. The van der Waals surface area contributed by atoms with Crippen LogP contribution in [0, 0.1) is 0 Å². The van der Waals surface area contributed by atoms with E-state index in [1.165, 1.54) is 10.9 Å². The van der Waals surface area contributed by atoms with Gasteiger partial charge in [-0.25, -0.2) is 0 Å². The number of aliphatic carboxylic acids is 1. The van der Waals surface area contributed by atoms with Gasteiger partial charge in [0.25, 0.3) is 0 Å². The molecule has 0 aliphatic heterocycles. The number of rotatable bonds is 5. The van der Waals surface area contributed by atoms with Gasteiger partial charge in [0.1, 0.15) is 6.04 Å². The van der Waals surface area contributed by atoms with Crippen LogP contribution < -0.4 is 5.32 Å². The largest absolute Gasteiger partial charge is 0.481 e. The number of hydrogen-bond donors (Lipinski definition) is 2. The molecular formula is C14H20ClN3O3. The zero-order chi connectivity index (χ0) is 15.5. The zero-order valence-corrected chi connectivity index (χ0v) is 12.8. The number of nitrogens with one attached hydrogen (secondary N) is 1. The molecular weight excluding hydrogens is 294 g/mol. The van der Waals surface area contributed by atoms with Crippen molar-refractivity contribution in [1.82, 2.24) is 15.1 Å². The van der Waals surface area contributed by atoms with Crippen LogP contribution in [0.5, 0.6) is 0 Å². The van der Waals surface area contributed by atoms with E-state index in [2.05, 4.69) is 10.4 Å². The Morgan fingerprint density at radius 1 is 1.48 bits per heavy atom. The molecule has 116 valence electrons. The van der Waals surface area contributed by atoms with Crippen LogP contribution in [-0.4, -0.2) is 32.3 Å². The number of carboxylic acids is 1. The third-order valence-corrected chi connectivity index (χ3v) is 4.23. The van der Waals surface area contributed by atoms with Crippen LogP contribution in [0.2, 0.25) is 5.02 Å². The molecule has 0 spiro atoms. The van der Waals surface area contributed by atoms with Gasteiger partial charge < -0.3 is 10.4 Å². The molecule has 1 heterocycles. The molecule has 2 rings (SSSR count). The quantitative estimate of drug-likeness (QED) is 0.874. The monoisotopic (exact) mass is 313 g/mol. The van der Waals surface area contributed by atoms with Gasteiger partial charge in [0.15, 0.2) is 0 Å². The highest BCUT2D eigenvalue weighted by Crippen LogP contribution is 2.31. The number of hydrogen-bond acceptors (Lipinski definition) is 3. The molecule has 1 aromatic heterocycles. The second kappa shape index (κ2) is 6.47.